The molecule has 1 aliphatic carbocycles. The molecule has 11 heteroatoms. The molecule has 0 atom stereocenters. The maximum atomic E-state index is 15.0. The molecule has 1 aromatic heterocycles. The van der Waals surface area contributed by atoms with Gasteiger partial charge in [0.2, 0.25) is 0 Å². The number of nitrogens with one attached hydrogen (secondary N) is 1. The van der Waals surface area contributed by atoms with Crippen LogP contribution in [-0.2, 0) is 16.1 Å². The predicted molar refractivity (Wildman–Crippen MR) is 163 cm³/mol. The first-order valence-electron chi connectivity index (χ1n) is 14.8. The monoisotopic (exact) mass is 603 g/mol. The van der Waals surface area contributed by atoms with Gasteiger partial charge < -0.3 is 24.6 Å². The Morgan fingerprint density at radius 2 is 1.68 bits per heavy atom. The number of piperidine rings is 1. The molecule has 2 fully saturated rings. The van der Waals surface area contributed by atoms with Crippen LogP contribution in [0.5, 0.6) is 0 Å². The van der Waals surface area contributed by atoms with E-state index in [1.54, 1.807) is 36.3 Å². The molecule has 1 N–H and O–H groups in total. The number of aromatic nitrogens is 2. The summed E-state index contributed by atoms with van der Waals surface area (Å²) in [6, 6.07) is 11.5. The van der Waals surface area contributed by atoms with Crippen molar-refractivity contribution in [2.24, 2.45) is 0 Å². The molecule has 10 nitrogen and oxygen atoms in total. The smallest absolute Gasteiger partial charge is 0.410 e. The predicted octanol–water partition coefficient (Wildman–Crippen LogP) is 5.69. The largest absolute Gasteiger partial charge is 0.444 e. The Kier molecular flexibility index (Phi) is 9.24. The molecular formula is C33H38FN5O5. The molecule has 1 saturated heterocycles. The molecule has 5 rings (SSSR count). The molecule has 2 heterocycles. The Morgan fingerprint density at radius 3 is 2.30 bits per heavy atom. The minimum absolute atomic E-state index is 0.00334. The Bertz CT molecular complexity index is 1510. The van der Waals surface area contributed by atoms with Gasteiger partial charge in [-0.15, -0.1) is 0 Å². The molecule has 3 amide bonds. The minimum Gasteiger partial charge on any atom is -0.444 e. The summed E-state index contributed by atoms with van der Waals surface area (Å²) >= 11 is 0. The number of amides is 3. The first-order chi connectivity index (χ1) is 21.0. The van der Waals surface area contributed by atoms with E-state index >= 15 is 4.39 Å². The van der Waals surface area contributed by atoms with Gasteiger partial charge in [0, 0.05) is 55.9 Å². The Morgan fingerprint density at radius 1 is 1.00 bits per heavy atom. The fourth-order valence-corrected chi connectivity index (χ4v) is 5.31. The normalized spacial score (nSPS) is 15.5. The highest BCUT2D eigenvalue weighted by atomic mass is 19.1. The van der Waals surface area contributed by atoms with E-state index in [1.165, 1.54) is 24.5 Å². The van der Waals surface area contributed by atoms with Crippen molar-refractivity contribution in [2.75, 3.05) is 25.5 Å². The van der Waals surface area contributed by atoms with Crippen molar-refractivity contribution in [3.8, 4) is 11.4 Å². The molecule has 0 radical (unpaired) electrons. The van der Waals surface area contributed by atoms with Gasteiger partial charge in [-0.25, -0.2) is 19.2 Å². The van der Waals surface area contributed by atoms with Gasteiger partial charge in [-0.1, -0.05) is 18.2 Å². The van der Waals surface area contributed by atoms with Gasteiger partial charge >= 0.3 is 6.09 Å². The van der Waals surface area contributed by atoms with E-state index < -0.39 is 17.3 Å². The van der Waals surface area contributed by atoms with Crippen molar-refractivity contribution in [1.82, 2.24) is 19.8 Å². The number of methoxy groups -OCH3 is 1. The lowest BCUT2D eigenvalue weighted by Crippen LogP contribution is -2.50. The van der Waals surface area contributed by atoms with Crippen molar-refractivity contribution in [3.05, 3.63) is 77.4 Å². The number of likely N-dealkylation sites (tertiary alicyclic amines) is 1. The molecule has 0 unspecified atom stereocenters. The van der Waals surface area contributed by atoms with Crippen LogP contribution in [0.25, 0.3) is 11.4 Å². The zero-order valence-electron chi connectivity index (χ0n) is 25.5. The van der Waals surface area contributed by atoms with E-state index in [0.717, 1.165) is 18.4 Å². The number of rotatable bonds is 8. The van der Waals surface area contributed by atoms with Crippen LogP contribution in [0.3, 0.4) is 0 Å². The summed E-state index contributed by atoms with van der Waals surface area (Å²) < 4.78 is 25.7. The topological polar surface area (TPSA) is 114 Å². The highest BCUT2D eigenvalue weighted by Gasteiger charge is 2.40. The van der Waals surface area contributed by atoms with E-state index in [4.69, 9.17) is 9.47 Å². The molecule has 232 valence electrons. The van der Waals surface area contributed by atoms with Crippen LogP contribution in [0.15, 0.2) is 54.9 Å². The standard InChI is InChI=1S/C33H38FN5O5/c1-33(2,3)44-32(42)38-14-12-26(13-15-38)39(25-9-10-25)31(41)23-18-35-29(36-19-23)22-8-11-27(28(34)17-22)30(40)37-24-7-5-6-21(16-24)20-43-4/h5-8,11,16-19,25-26H,9-10,12-15,20H2,1-4H3,(H,37,40). The minimum atomic E-state index is -0.713. The van der Waals surface area contributed by atoms with E-state index in [9.17, 15) is 14.4 Å². The lowest BCUT2D eigenvalue weighted by Gasteiger charge is -2.39. The average Bonchev–Trinajstić information content (AvgIpc) is 3.82. The molecule has 44 heavy (non-hydrogen) atoms. The first-order valence-corrected chi connectivity index (χ1v) is 14.8. The van der Waals surface area contributed by atoms with Crippen molar-refractivity contribution in [1.29, 1.82) is 0 Å². The maximum absolute atomic E-state index is 15.0. The van der Waals surface area contributed by atoms with E-state index in [2.05, 4.69) is 15.3 Å². The van der Waals surface area contributed by atoms with Crippen molar-refractivity contribution < 1.29 is 28.2 Å². The second-order valence-corrected chi connectivity index (χ2v) is 12.2. The number of nitrogens with zero attached hydrogens (tertiary/aromatic N) is 4. The summed E-state index contributed by atoms with van der Waals surface area (Å²) in [6.07, 6.45) is 5.80. The van der Waals surface area contributed by atoms with Gasteiger partial charge in [0.05, 0.1) is 17.7 Å². The molecule has 1 saturated carbocycles. The third-order valence-electron chi connectivity index (χ3n) is 7.55. The second-order valence-electron chi connectivity index (χ2n) is 12.2. The number of hydrogen-bond acceptors (Lipinski definition) is 7. The molecule has 0 spiro atoms. The highest BCUT2D eigenvalue weighted by molar-refractivity contribution is 6.04. The number of carbonyl (C=O) groups is 3. The number of halogens is 1. The second kappa shape index (κ2) is 13.1. The number of carbonyl (C=O) groups excluding carboxylic acids is 3. The summed E-state index contributed by atoms with van der Waals surface area (Å²) in [5.74, 6) is -1.21. The van der Waals surface area contributed by atoms with Crippen LogP contribution in [-0.4, -0.2) is 75.6 Å². The van der Waals surface area contributed by atoms with E-state index in [0.29, 0.717) is 49.4 Å². The molecule has 2 aromatic carbocycles. The highest BCUT2D eigenvalue weighted by Crippen LogP contribution is 2.33. The van der Waals surface area contributed by atoms with Crippen LogP contribution in [0.1, 0.15) is 72.7 Å². The summed E-state index contributed by atoms with van der Waals surface area (Å²) in [4.78, 5) is 51.1. The van der Waals surface area contributed by atoms with E-state index in [1.807, 2.05) is 31.7 Å². The van der Waals surface area contributed by atoms with Gasteiger partial charge in [-0.2, -0.15) is 0 Å². The lowest BCUT2D eigenvalue weighted by molar-refractivity contribution is 0.0142. The van der Waals surface area contributed by atoms with Crippen LogP contribution < -0.4 is 5.32 Å². The molecule has 2 aliphatic rings. The molecule has 3 aromatic rings. The number of hydrogen-bond donors (Lipinski definition) is 1. The first kappa shape index (κ1) is 31.1. The fourth-order valence-electron chi connectivity index (χ4n) is 5.31. The zero-order valence-corrected chi connectivity index (χ0v) is 25.5. The summed E-state index contributed by atoms with van der Waals surface area (Å²) in [6.45, 7) is 6.96. The Labute approximate surface area is 256 Å². The number of ether oxygens (including phenoxy) is 2. The van der Waals surface area contributed by atoms with Crippen LogP contribution in [0.4, 0.5) is 14.9 Å². The summed E-state index contributed by atoms with van der Waals surface area (Å²) in [5, 5.41) is 2.71. The SMILES string of the molecule is COCc1cccc(NC(=O)c2ccc(-c3ncc(C(=O)N(C4CC4)C4CCN(C(=O)OC(C)(C)C)CC4)cn3)cc2F)c1. The fraction of sp³-hybridized carbons (Fsp3) is 0.424. The third-order valence-corrected chi connectivity index (χ3v) is 7.55. The number of benzene rings is 2. The average molecular weight is 604 g/mol. The zero-order chi connectivity index (χ0) is 31.4. The Hall–Kier alpha value is -4.38. The maximum Gasteiger partial charge on any atom is 0.410 e. The third kappa shape index (κ3) is 7.57. The summed E-state index contributed by atoms with van der Waals surface area (Å²) in [5.41, 5.74) is 1.47. The van der Waals surface area contributed by atoms with Gasteiger partial charge in [0.1, 0.15) is 11.4 Å². The van der Waals surface area contributed by atoms with Gasteiger partial charge in [0.25, 0.3) is 11.8 Å². The van der Waals surface area contributed by atoms with Crippen LogP contribution in [0, 0.1) is 5.82 Å². The molecular weight excluding hydrogens is 565 g/mol. The van der Waals surface area contributed by atoms with Gasteiger partial charge in [0.15, 0.2) is 5.82 Å². The quantitative estimate of drug-likeness (QED) is 0.352. The van der Waals surface area contributed by atoms with Crippen molar-refractivity contribution in [2.45, 2.75) is 70.7 Å². The van der Waals surface area contributed by atoms with Gasteiger partial charge in [-0.05, 0) is 76.3 Å². The summed E-state index contributed by atoms with van der Waals surface area (Å²) in [7, 11) is 1.58. The lowest BCUT2D eigenvalue weighted by atomic mass is 10.0. The van der Waals surface area contributed by atoms with Gasteiger partial charge in [-0.3, -0.25) is 9.59 Å². The molecule has 1 aliphatic heterocycles. The molecule has 0 bridgehead atoms. The van der Waals surface area contributed by atoms with Crippen LogP contribution in [0.2, 0.25) is 0 Å². The number of anilines is 1. The van der Waals surface area contributed by atoms with Crippen LogP contribution >= 0.6 is 0 Å². The van der Waals surface area contributed by atoms with Crippen molar-refractivity contribution in [3.63, 3.8) is 0 Å². The Balaban J connectivity index is 1.23. The van der Waals surface area contributed by atoms with E-state index in [-0.39, 0.29) is 35.5 Å². The van der Waals surface area contributed by atoms with Crippen molar-refractivity contribution >= 4 is 23.6 Å².